The van der Waals surface area contributed by atoms with Gasteiger partial charge >= 0.3 is 0 Å². The van der Waals surface area contributed by atoms with Crippen LogP contribution in [0.1, 0.15) is 15.9 Å². The molecular weight excluding hydrogens is 530 g/mol. The number of anilines is 2. The lowest BCUT2D eigenvalue weighted by Crippen LogP contribution is -2.41. The van der Waals surface area contributed by atoms with Crippen LogP contribution >= 0.6 is 11.6 Å². The van der Waals surface area contributed by atoms with Crippen molar-refractivity contribution in [2.24, 2.45) is 0 Å². The summed E-state index contributed by atoms with van der Waals surface area (Å²) in [6.45, 7) is 3.02. The maximum absolute atomic E-state index is 13.8. The minimum atomic E-state index is -4.21. The molecule has 1 aliphatic heterocycles. The van der Waals surface area contributed by atoms with Gasteiger partial charge in [-0.3, -0.25) is 13.9 Å². The van der Waals surface area contributed by atoms with E-state index in [4.69, 9.17) is 21.1 Å². The molecule has 0 radical (unpaired) electrons. The van der Waals surface area contributed by atoms with Crippen LogP contribution in [0, 0.1) is 6.92 Å². The Morgan fingerprint density at radius 1 is 1.05 bits per heavy atom. The highest BCUT2D eigenvalue weighted by atomic mass is 35.5. The van der Waals surface area contributed by atoms with Gasteiger partial charge in [-0.1, -0.05) is 41.4 Å². The Kier molecular flexibility index (Phi) is 8.55. The molecule has 200 valence electrons. The number of sulfonamides is 1. The number of carbonyl (C=O) groups excluding carboxylic acids is 2. The highest BCUT2D eigenvalue weighted by molar-refractivity contribution is 7.92. The van der Waals surface area contributed by atoms with Crippen molar-refractivity contribution in [3.8, 4) is 5.75 Å². The van der Waals surface area contributed by atoms with Crippen LogP contribution < -0.4 is 14.4 Å². The molecule has 3 aromatic rings. The summed E-state index contributed by atoms with van der Waals surface area (Å²) < 4.78 is 39.2. The summed E-state index contributed by atoms with van der Waals surface area (Å²) in [5.74, 6) is -0.671. The number of rotatable bonds is 8. The maximum atomic E-state index is 13.8. The van der Waals surface area contributed by atoms with E-state index in [0.717, 1.165) is 9.87 Å². The largest absolute Gasteiger partial charge is 0.495 e. The van der Waals surface area contributed by atoms with Crippen LogP contribution in [0.3, 0.4) is 0 Å². The Labute approximate surface area is 227 Å². The fourth-order valence-corrected chi connectivity index (χ4v) is 5.62. The van der Waals surface area contributed by atoms with Gasteiger partial charge in [-0.15, -0.1) is 0 Å². The maximum Gasteiger partial charge on any atom is 0.264 e. The van der Waals surface area contributed by atoms with Gasteiger partial charge in [-0.05, 0) is 49.4 Å². The van der Waals surface area contributed by atoms with Crippen LogP contribution in [-0.4, -0.2) is 65.1 Å². The summed E-state index contributed by atoms with van der Waals surface area (Å²) in [6, 6.07) is 17.4. The quantitative estimate of drug-likeness (QED) is 0.449. The Morgan fingerprint density at radius 3 is 2.42 bits per heavy atom. The molecule has 1 saturated heterocycles. The Bertz CT molecular complexity index is 1420. The van der Waals surface area contributed by atoms with Gasteiger partial charge < -0.3 is 19.7 Å². The standard InChI is InChI=1S/C27H28ClN3O6S/c1-19-7-10-21(11-8-19)38(34,35)31(24-17-20(28)9-12-25(24)36-2)18-26(32)29-23-6-4-3-5-22(23)27(33)30-13-15-37-16-14-30/h3-12,17H,13-16,18H2,1-2H3,(H,29,32). The fraction of sp³-hybridized carbons (Fsp3) is 0.259. The van der Waals surface area contributed by atoms with E-state index in [2.05, 4.69) is 5.32 Å². The molecule has 38 heavy (non-hydrogen) atoms. The minimum Gasteiger partial charge on any atom is -0.495 e. The summed E-state index contributed by atoms with van der Waals surface area (Å²) in [6.07, 6.45) is 0. The Balaban J connectivity index is 1.67. The zero-order valence-corrected chi connectivity index (χ0v) is 22.6. The molecule has 0 unspecified atom stereocenters. The van der Waals surface area contributed by atoms with E-state index in [-0.39, 0.29) is 32.9 Å². The van der Waals surface area contributed by atoms with Crippen LogP contribution in [0.15, 0.2) is 71.6 Å². The van der Waals surface area contributed by atoms with Gasteiger partial charge in [-0.25, -0.2) is 8.42 Å². The number of amides is 2. The molecule has 9 nitrogen and oxygen atoms in total. The third kappa shape index (κ3) is 6.09. The molecule has 0 saturated carbocycles. The van der Waals surface area contributed by atoms with Crippen LogP contribution in [0.2, 0.25) is 5.02 Å². The average Bonchev–Trinajstić information content (AvgIpc) is 2.92. The molecule has 2 amide bonds. The van der Waals surface area contributed by atoms with Crippen LogP contribution in [0.5, 0.6) is 5.75 Å². The van der Waals surface area contributed by atoms with E-state index in [1.807, 2.05) is 6.92 Å². The van der Waals surface area contributed by atoms with Crippen molar-refractivity contribution in [2.75, 3.05) is 49.6 Å². The van der Waals surface area contributed by atoms with Crippen molar-refractivity contribution in [1.82, 2.24) is 4.90 Å². The first-order valence-electron chi connectivity index (χ1n) is 11.9. The second-order valence-corrected chi connectivity index (χ2v) is 10.9. The average molecular weight is 558 g/mol. The van der Waals surface area contributed by atoms with E-state index in [0.29, 0.717) is 31.9 Å². The fourth-order valence-electron chi connectivity index (χ4n) is 4.03. The molecule has 0 aromatic heterocycles. The number of nitrogens with zero attached hydrogens (tertiary/aromatic N) is 2. The second-order valence-electron chi connectivity index (χ2n) is 8.64. The lowest BCUT2D eigenvalue weighted by molar-refractivity contribution is -0.114. The molecule has 1 aliphatic rings. The van der Waals surface area contributed by atoms with Crippen LogP contribution in [-0.2, 0) is 19.6 Å². The number of benzene rings is 3. The molecule has 1 heterocycles. The van der Waals surface area contributed by atoms with Gasteiger partial charge in [0.25, 0.3) is 15.9 Å². The monoisotopic (exact) mass is 557 g/mol. The van der Waals surface area contributed by atoms with E-state index in [1.54, 1.807) is 47.4 Å². The van der Waals surface area contributed by atoms with Gasteiger partial charge in [0.15, 0.2) is 0 Å². The molecule has 0 bridgehead atoms. The molecule has 0 spiro atoms. The first-order chi connectivity index (χ1) is 18.2. The number of hydrogen-bond acceptors (Lipinski definition) is 6. The molecular formula is C27H28ClN3O6S. The minimum absolute atomic E-state index is 0.000763. The summed E-state index contributed by atoms with van der Waals surface area (Å²) in [4.78, 5) is 28.1. The molecule has 1 N–H and O–H groups in total. The molecule has 1 fully saturated rings. The van der Waals surface area contributed by atoms with E-state index in [9.17, 15) is 18.0 Å². The number of aryl methyl sites for hydroxylation is 1. The zero-order chi connectivity index (χ0) is 27.3. The topological polar surface area (TPSA) is 105 Å². The third-order valence-corrected chi connectivity index (χ3v) is 8.04. The third-order valence-electron chi connectivity index (χ3n) is 6.04. The molecule has 0 atom stereocenters. The van der Waals surface area contributed by atoms with E-state index < -0.39 is 22.5 Å². The summed E-state index contributed by atoms with van der Waals surface area (Å²) in [5.41, 5.74) is 1.57. The number of carbonyl (C=O) groups is 2. The van der Waals surface area contributed by atoms with Crippen molar-refractivity contribution < 1.29 is 27.5 Å². The van der Waals surface area contributed by atoms with Crippen LogP contribution in [0.4, 0.5) is 11.4 Å². The highest BCUT2D eigenvalue weighted by Crippen LogP contribution is 2.35. The van der Waals surface area contributed by atoms with Gasteiger partial charge in [0.2, 0.25) is 5.91 Å². The number of para-hydroxylation sites is 1. The SMILES string of the molecule is COc1ccc(Cl)cc1N(CC(=O)Nc1ccccc1C(=O)N1CCOCC1)S(=O)(=O)c1ccc(C)cc1. The zero-order valence-electron chi connectivity index (χ0n) is 21.0. The number of morpholine rings is 1. The Hall–Kier alpha value is -3.60. The number of nitrogens with one attached hydrogen (secondary N) is 1. The lowest BCUT2D eigenvalue weighted by Gasteiger charge is -2.28. The van der Waals surface area contributed by atoms with Crippen LogP contribution in [0.25, 0.3) is 0 Å². The normalized spacial score (nSPS) is 13.6. The number of ether oxygens (including phenoxy) is 2. The number of methoxy groups -OCH3 is 1. The molecule has 4 rings (SSSR count). The number of hydrogen-bond donors (Lipinski definition) is 1. The van der Waals surface area contributed by atoms with Crippen molar-refractivity contribution in [2.45, 2.75) is 11.8 Å². The van der Waals surface area contributed by atoms with Gasteiger partial charge in [0.1, 0.15) is 12.3 Å². The lowest BCUT2D eigenvalue weighted by atomic mass is 10.1. The van der Waals surface area contributed by atoms with E-state index >= 15 is 0 Å². The van der Waals surface area contributed by atoms with Gasteiger partial charge in [0, 0.05) is 18.1 Å². The summed E-state index contributed by atoms with van der Waals surface area (Å²) in [7, 11) is -2.81. The predicted octanol–water partition coefficient (Wildman–Crippen LogP) is 3.96. The van der Waals surface area contributed by atoms with Gasteiger partial charge in [0.05, 0.1) is 42.2 Å². The highest BCUT2D eigenvalue weighted by Gasteiger charge is 2.30. The first kappa shape index (κ1) is 27.4. The number of halogens is 1. The summed E-state index contributed by atoms with van der Waals surface area (Å²) in [5, 5.41) is 2.99. The van der Waals surface area contributed by atoms with Crippen molar-refractivity contribution in [1.29, 1.82) is 0 Å². The van der Waals surface area contributed by atoms with Crippen molar-refractivity contribution in [3.05, 3.63) is 82.9 Å². The van der Waals surface area contributed by atoms with Crippen molar-refractivity contribution in [3.63, 3.8) is 0 Å². The first-order valence-corrected chi connectivity index (χ1v) is 13.7. The summed E-state index contributed by atoms with van der Waals surface area (Å²) >= 11 is 6.20. The smallest absolute Gasteiger partial charge is 0.264 e. The molecule has 3 aromatic carbocycles. The van der Waals surface area contributed by atoms with Gasteiger partial charge in [-0.2, -0.15) is 0 Å². The predicted molar refractivity (Wildman–Crippen MR) is 146 cm³/mol. The van der Waals surface area contributed by atoms with E-state index in [1.165, 1.54) is 31.4 Å². The Morgan fingerprint density at radius 2 is 1.74 bits per heavy atom. The molecule has 0 aliphatic carbocycles. The van der Waals surface area contributed by atoms with Crippen molar-refractivity contribution >= 4 is 44.8 Å². The molecule has 11 heteroatoms. The second kappa shape index (κ2) is 11.8.